The third-order valence-corrected chi connectivity index (χ3v) is 4.71. The lowest BCUT2D eigenvalue weighted by Gasteiger charge is -2.22. The highest BCUT2D eigenvalue weighted by Gasteiger charge is 2.34. The van der Waals surface area contributed by atoms with Crippen LogP contribution in [0.15, 0.2) is 24.3 Å². The SMILES string of the molecule is CSCc1nc2ccccc2n1CC(=O)N1CCC[C@H]1C(=O)O. The van der Waals surface area contributed by atoms with Crippen LogP contribution >= 0.6 is 11.8 Å². The second-order valence-electron chi connectivity index (χ2n) is 5.62. The predicted molar refractivity (Wildman–Crippen MR) is 89.3 cm³/mol. The van der Waals surface area contributed by atoms with Crippen molar-refractivity contribution in [1.82, 2.24) is 14.5 Å². The minimum absolute atomic E-state index is 0.139. The molecule has 23 heavy (non-hydrogen) atoms. The van der Waals surface area contributed by atoms with Crippen LogP contribution in [-0.2, 0) is 21.9 Å². The first-order valence-corrected chi connectivity index (χ1v) is 8.96. The Bertz CT molecular complexity index is 743. The molecule has 2 heterocycles. The van der Waals surface area contributed by atoms with Crippen LogP contribution in [0.25, 0.3) is 11.0 Å². The summed E-state index contributed by atoms with van der Waals surface area (Å²) >= 11 is 1.65. The van der Waals surface area contributed by atoms with Crippen molar-refractivity contribution >= 4 is 34.7 Å². The molecule has 1 amide bonds. The van der Waals surface area contributed by atoms with Gasteiger partial charge < -0.3 is 14.6 Å². The molecule has 122 valence electrons. The van der Waals surface area contributed by atoms with Crippen molar-refractivity contribution in [2.24, 2.45) is 0 Å². The molecule has 3 rings (SSSR count). The number of rotatable bonds is 5. The highest BCUT2D eigenvalue weighted by Crippen LogP contribution is 2.22. The quantitative estimate of drug-likeness (QED) is 0.905. The van der Waals surface area contributed by atoms with Crippen molar-refractivity contribution in [2.45, 2.75) is 31.2 Å². The molecule has 0 unspecified atom stereocenters. The fraction of sp³-hybridized carbons (Fsp3) is 0.438. The zero-order valence-corrected chi connectivity index (χ0v) is 13.8. The van der Waals surface area contributed by atoms with Crippen LogP contribution in [0, 0.1) is 0 Å². The second-order valence-corrected chi connectivity index (χ2v) is 6.49. The standard InChI is InChI=1S/C16H19N3O3S/c1-23-10-14-17-11-5-2-3-6-12(11)19(14)9-15(20)18-8-4-7-13(18)16(21)22/h2-3,5-6,13H,4,7-10H2,1H3,(H,21,22)/t13-/m0/s1. The summed E-state index contributed by atoms with van der Waals surface area (Å²) in [5.74, 6) is 0.485. The number of imidazole rings is 1. The fourth-order valence-electron chi connectivity index (χ4n) is 3.09. The fourth-order valence-corrected chi connectivity index (χ4v) is 3.57. The maximum absolute atomic E-state index is 12.6. The van der Waals surface area contributed by atoms with Crippen molar-refractivity contribution in [3.8, 4) is 0 Å². The lowest BCUT2D eigenvalue weighted by molar-refractivity contribution is -0.148. The molecule has 6 nitrogen and oxygen atoms in total. The highest BCUT2D eigenvalue weighted by molar-refractivity contribution is 7.97. The van der Waals surface area contributed by atoms with Gasteiger partial charge in [0, 0.05) is 6.54 Å². The summed E-state index contributed by atoms with van der Waals surface area (Å²) in [6.45, 7) is 0.653. The number of carbonyl (C=O) groups is 2. The Morgan fingerprint density at radius 2 is 2.17 bits per heavy atom. The van der Waals surface area contributed by atoms with Gasteiger partial charge in [-0.2, -0.15) is 11.8 Å². The molecule has 1 atom stereocenters. The summed E-state index contributed by atoms with van der Waals surface area (Å²) in [5, 5.41) is 9.25. The van der Waals surface area contributed by atoms with Gasteiger partial charge >= 0.3 is 5.97 Å². The lowest BCUT2D eigenvalue weighted by atomic mass is 10.2. The van der Waals surface area contributed by atoms with Crippen LogP contribution in [-0.4, -0.2) is 50.3 Å². The molecule has 2 aromatic rings. The van der Waals surface area contributed by atoms with Gasteiger partial charge in [0.1, 0.15) is 18.4 Å². The van der Waals surface area contributed by atoms with Crippen LogP contribution in [0.1, 0.15) is 18.7 Å². The number of carbonyl (C=O) groups excluding carboxylic acids is 1. The van der Waals surface area contributed by atoms with Crippen molar-refractivity contribution in [2.75, 3.05) is 12.8 Å². The first-order chi connectivity index (χ1) is 11.1. The molecule has 1 N–H and O–H groups in total. The van der Waals surface area contributed by atoms with E-state index >= 15 is 0 Å². The predicted octanol–water partition coefficient (Wildman–Crippen LogP) is 1.97. The Morgan fingerprint density at radius 3 is 2.91 bits per heavy atom. The number of benzene rings is 1. The van der Waals surface area contributed by atoms with E-state index in [0.29, 0.717) is 18.7 Å². The average Bonchev–Trinajstić information content (AvgIpc) is 3.13. The smallest absolute Gasteiger partial charge is 0.326 e. The van der Waals surface area contributed by atoms with Crippen LogP contribution in [0.4, 0.5) is 0 Å². The molecule has 0 radical (unpaired) electrons. The minimum atomic E-state index is -0.921. The summed E-state index contributed by atoms with van der Waals surface area (Å²) in [6, 6.07) is 7.02. The van der Waals surface area contributed by atoms with Crippen LogP contribution in [0.5, 0.6) is 0 Å². The molecule has 7 heteroatoms. The van der Waals surface area contributed by atoms with Gasteiger partial charge in [-0.1, -0.05) is 12.1 Å². The Balaban J connectivity index is 1.89. The van der Waals surface area contributed by atoms with E-state index in [1.807, 2.05) is 35.1 Å². The number of carboxylic acids is 1. The molecule has 1 saturated heterocycles. The number of hydrogen-bond acceptors (Lipinski definition) is 4. The van der Waals surface area contributed by atoms with Gasteiger partial charge in [0.25, 0.3) is 0 Å². The number of amides is 1. The Hall–Kier alpha value is -2.02. The topological polar surface area (TPSA) is 75.4 Å². The van der Waals surface area contributed by atoms with E-state index in [1.165, 1.54) is 4.90 Å². The average molecular weight is 333 g/mol. The molecule has 0 aliphatic carbocycles. The monoisotopic (exact) mass is 333 g/mol. The van der Waals surface area contributed by atoms with E-state index in [4.69, 9.17) is 0 Å². The molecule has 1 aliphatic rings. The largest absolute Gasteiger partial charge is 0.480 e. The molecule has 1 aromatic carbocycles. The van der Waals surface area contributed by atoms with E-state index in [1.54, 1.807) is 11.8 Å². The van der Waals surface area contributed by atoms with Crippen molar-refractivity contribution in [1.29, 1.82) is 0 Å². The third-order valence-electron chi connectivity index (χ3n) is 4.16. The number of aromatic nitrogens is 2. The van der Waals surface area contributed by atoms with Gasteiger partial charge in [-0.3, -0.25) is 4.79 Å². The van der Waals surface area contributed by atoms with Gasteiger partial charge in [0.15, 0.2) is 0 Å². The highest BCUT2D eigenvalue weighted by atomic mass is 32.2. The summed E-state index contributed by atoms with van der Waals surface area (Å²) < 4.78 is 1.91. The molecule has 0 bridgehead atoms. The van der Waals surface area contributed by atoms with Crippen LogP contribution in [0.2, 0.25) is 0 Å². The summed E-state index contributed by atoms with van der Waals surface area (Å²) in [5.41, 5.74) is 1.77. The van der Waals surface area contributed by atoms with Crippen LogP contribution < -0.4 is 0 Å². The van der Waals surface area contributed by atoms with Gasteiger partial charge in [-0.25, -0.2) is 9.78 Å². The van der Waals surface area contributed by atoms with E-state index in [-0.39, 0.29) is 12.5 Å². The molecular formula is C16H19N3O3S. The molecule has 0 saturated carbocycles. The third kappa shape index (κ3) is 3.06. The Labute approximate surface area is 138 Å². The first kappa shape index (κ1) is 15.9. The summed E-state index contributed by atoms with van der Waals surface area (Å²) in [6.07, 6.45) is 3.26. The summed E-state index contributed by atoms with van der Waals surface area (Å²) in [4.78, 5) is 30.0. The van der Waals surface area contributed by atoms with E-state index in [0.717, 1.165) is 23.3 Å². The number of thioether (sulfide) groups is 1. The Kier molecular flexibility index (Phi) is 4.56. The number of likely N-dealkylation sites (tertiary alicyclic amines) is 1. The number of para-hydroxylation sites is 2. The maximum Gasteiger partial charge on any atom is 0.326 e. The van der Waals surface area contributed by atoms with E-state index in [9.17, 15) is 14.7 Å². The van der Waals surface area contributed by atoms with E-state index in [2.05, 4.69) is 4.98 Å². The van der Waals surface area contributed by atoms with Crippen molar-refractivity contribution in [3.05, 3.63) is 30.1 Å². The molecule has 1 aromatic heterocycles. The van der Waals surface area contributed by atoms with Gasteiger partial charge in [-0.15, -0.1) is 0 Å². The number of nitrogens with zero attached hydrogens (tertiary/aromatic N) is 3. The molecule has 0 spiro atoms. The van der Waals surface area contributed by atoms with Gasteiger partial charge in [-0.05, 0) is 31.2 Å². The second kappa shape index (κ2) is 6.62. The molecule has 1 aliphatic heterocycles. The normalized spacial score (nSPS) is 17.8. The minimum Gasteiger partial charge on any atom is -0.480 e. The van der Waals surface area contributed by atoms with Crippen molar-refractivity contribution in [3.63, 3.8) is 0 Å². The van der Waals surface area contributed by atoms with Gasteiger partial charge in [0.05, 0.1) is 16.8 Å². The lowest BCUT2D eigenvalue weighted by Crippen LogP contribution is -2.42. The van der Waals surface area contributed by atoms with E-state index < -0.39 is 12.0 Å². The van der Waals surface area contributed by atoms with Gasteiger partial charge in [0.2, 0.25) is 5.91 Å². The molecule has 1 fully saturated rings. The van der Waals surface area contributed by atoms with Crippen LogP contribution in [0.3, 0.4) is 0 Å². The van der Waals surface area contributed by atoms with Crippen molar-refractivity contribution < 1.29 is 14.7 Å². The first-order valence-electron chi connectivity index (χ1n) is 7.57. The zero-order chi connectivity index (χ0) is 16.4. The number of hydrogen-bond donors (Lipinski definition) is 1. The maximum atomic E-state index is 12.6. The number of carboxylic acid groups (broad SMARTS) is 1. The molecular weight excluding hydrogens is 314 g/mol. The number of fused-ring (bicyclic) bond motifs is 1. The summed E-state index contributed by atoms with van der Waals surface area (Å²) in [7, 11) is 0. The number of aliphatic carboxylic acids is 1. The Morgan fingerprint density at radius 1 is 1.39 bits per heavy atom. The zero-order valence-electron chi connectivity index (χ0n) is 12.9.